The van der Waals surface area contributed by atoms with Crippen LogP contribution in [0.1, 0.15) is 38.3 Å². The number of aromatic carboxylic acids is 2. The second-order valence-corrected chi connectivity index (χ2v) is 14.5. The molecule has 2 aromatic rings. The summed E-state index contributed by atoms with van der Waals surface area (Å²) in [5.74, 6) is -3.38. The standard InChI is InChI=1S/C22H26N2O10S3/c1-14-3-5-16(21(25)26)11-19(14)36(31,32)23-8-9-24(18-7-10-35(29,30)13-18)37(33,34)20-12-17(22(27)28)6-4-15(20)2/h3-6,11-12,18,23H,7-10,13H2,1-2H3,(H,25,26)(H,27,28)/t18-/m0/s1. The molecule has 3 rings (SSSR count). The van der Waals surface area contributed by atoms with Gasteiger partial charge >= 0.3 is 11.9 Å². The number of benzene rings is 2. The van der Waals surface area contributed by atoms with Crippen molar-refractivity contribution in [2.45, 2.75) is 36.1 Å². The Morgan fingerprint density at radius 1 is 0.946 bits per heavy atom. The zero-order valence-corrected chi connectivity index (χ0v) is 22.4. The van der Waals surface area contributed by atoms with Crippen LogP contribution in [0.3, 0.4) is 0 Å². The SMILES string of the molecule is Cc1ccc(C(=O)O)cc1S(=O)(=O)NCCN([C@H]1CCS(=O)(=O)C1)S(=O)(=O)c1cc(C(=O)O)ccc1C. The van der Waals surface area contributed by atoms with E-state index in [1.54, 1.807) is 0 Å². The average Bonchev–Trinajstić information content (AvgIpc) is 3.15. The van der Waals surface area contributed by atoms with Crippen LogP contribution >= 0.6 is 0 Å². The molecule has 1 aliphatic rings. The molecule has 1 saturated heterocycles. The second kappa shape index (κ2) is 10.5. The molecule has 1 atom stereocenters. The Morgan fingerprint density at radius 2 is 1.46 bits per heavy atom. The fraction of sp³-hybridized carbons (Fsp3) is 0.364. The zero-order valence-electron chi connectivity index (χ0n) is 19.9. The van der Waals surface area contributed by atoms with Crippen molar-refractivity contribution < 1.29 is 45.1 Å². The average molecular weight is 575 g/mol. The summed E-state index contributed by atoms with van der Waals surface area (Å²) in [4.78, 5) is 22.0. The predicted octanol–water partition coefficient (Wildman–Crippen LogP) is 0.856. The van der Waals surface area contributed by atoms with E-state index in [1.807, 2.05) is 0 Å². The van der Waals surface area contributed by atoms with Crippen molar-refractivity contribution in [1.82, 2.24) is 9.03 Å². The van der Waals surface area contributed by atoms with Crippen LogP contribution in [0.2, 0.25) is 0 Å². The van der Waals surface area contributed by atoms with Gasteiger partial charge in [0.15, 0.2) is 9.84 Å². The van der Waals surface area contributed by atoms with E-state index in [1.165, 1.54) is 38.1 Å². The van der Waals surface area contributed by atoms with Gasteiger partial charge in [-0.05, 0) is 55.7 Å². The Hall–Kier alpha value is -2.85. The van der Waals surface area contributed by atoms with E-state index < -0.39 is 66.7 Å². The van der Waals surface area contributed by atoms with E-state index in [4.69, 9.17) is 0 Å². The van der Waals surface area contributed by atoms with Gasteiger partial charge in [0.25, 0.3) is 0 Å². The number of hydrogen-bond acceptors (Lipinski definition) is 8. The third-order valence-electron chi connectivity index (χ3n) is 5.99. The van der Waals surface area contributed by atoms with Crippen LogP contribution in [-0.2, 0) is 29.9 Å². The summed E-state index contributed by atoms with van der Waals surface area (Å²) in [5, 5.41) is 18.5. The number of carboxylic acids is 2. The largest absolute Gasteiger partial charge is 0.478 e. The molecule has 0 aliphatic carbocycles. The lowest BCUT2D eigenvalue weighted by molar-refractivity contribution is 0.0685. The number of carboxylic acid groups (broad SMARTS) is 2. The quantitative estimate of drug-likeness (QED) is 0.366. The maximum atomic E-state index is 13.6. The minimum absolute atomic E-state index is 0.00819. The molecule has 0 bridgehead atoms. The summed E-state index contributed by atoms with van der Waals surface area (Å²) in [6, 6.07) is 6.12. The molecule has 0 amide bonds. The first-order valence-corrected chi connectivity index (χ1v) is 15.7. The van der Waals surface area contributed by atoms with Crippen LogP contribution in [0.4, 0.5) is 0 Å². The second-order valence-electron chi connectivity index (χ2n) is 8.64. The number of nitrogens with zero attached hydrogens (tertiary/aromatic N) is 1. The molecule has 0 unspecified atom stereocenters. The van der Waals surface area contributed by atoms with E-state index in [2.05, 4.69) is 4.72 Å². The molecule has 2 aromatic carbocycles. The van der Waals surface area contributed by atoms with Crippen LogP contribution in [-0.4, -0.2) is 82.3 Å². The fourth-order valence-corrected chi connectivity index (χ4v) is 9.05. The molecule has 15 heteroatoms. The Morgan fingerprint density at radius 3 is 1.95 bits per heavy atom. The number of rotatable bonds is 10. The molecule has 0 radical (unpaired) electrons. The van der Waals surface area contributed by atoms with Crippen molar-refractivity contribution in [3.63, 3.8) is 0 Å². The predicted molar refractivity (Wildman–Crippen MR) is 132 cm³/mol. The van der Waals surface area contributed by atoms with E-state index in [9.17, 15) is 45.1 Å². The van der Waals surface area contributed by atoms with Crippen LogP contribution in [0, 0.1) is 13.8 Å². The molecule has 202 valence electrons. The summed E-state index contributed by atoms with van der Waals surface area (Å²) >= 11 is 0. The van der Waals surface area contributed by atoms with Crippen LogP contribution in [0.5, 0.6) is 0 Å². The maximum absolute atomic E-state index is 13.6. The first-order chi connectivity index (χ1) is 17.0. The third-order valence-corrected chi connectivity index (χ3v) is 11.4. The van der Waals surface area contributed by atoms with Gasteiger partial charge in [0.05, 0.1) is 32.4 Å². The monoisotopic (exact) mass is 574 g/mol. The van der Waals surface area contributed by atoms with Crippen molar-refractivity contribution in [2.75, 3.05) is 24.6 Å². The number of aryl methyl sites for hydroxylation is 2. The highest BCUT2D eigenvalue weighted by Gasteiger charge is 2.39. The van der Waals surface area contributed by atoms with Crippen LogP contribution < -0.4 is 4.72 Å². The van der Waals surface area contributed by atoms with E-state index in [0.717, 1.165) is 16.4 Å². The Kier molecular flexibility index (Phi) is 8.14. The highest BCUT2D eigenvalue weighted by molar-refractivity contribution is 7.92. The number of sulfonamides is 2. The van der Waals surface area contributed by atoms with Crippen molar-refractivity contribution in [3.8, 4) is 0 Å². The molecule has 1 fully saturated rings. The van der Waals surface area contributed by atoms with Gasteiger partial charge in [0.1, 0.15) is 0 Å². The topological polar surface area (TPSA) is 192 Å². The van der Waals surface area contributed by atoms with Gasteiger partial charge in [-0.25, -0.2) is 39.6 Å². The summed E-state index contributed by atoms with van der Waals surface area (Å²) in [7, 11) is -12.2. The molecule has 3 N–H and O–H groups in total. The minimum atomic E-state index is -4.44. The van der Waals surface area contributed by atoms with E-state index in [-0.39, 0.29) is 44.2 Å². The fourth-order valence-electron chi connectivity index (χ4n) is 4.03. The van der Waals surface area contributed by atoms with Gasteiger partial charge in [-0.2, -0.15) is 4.31 Å². The summed E-state index contributed by atoms with van der Waals surface area (Å²) in [6.45, 7) is 2.03. The van der Waals surface area contributed by atoms with Crippen molar-refractivity contribution >= 4 is 41.8 Å². The highest BCUT2D eigenvalue weighted by Crippen LogP contribution is 2.27. The Balaban J connectivity index is 1.94. The summed E-state index contributed by atoms with van der Waals surface area (Å²) in [6.07, 6.45) is -0.00819. The van der Waals surface area contributed by atoms with Crippen molar-refractivity contribution in [1.29, 1.82) is 0 Å². The summed E-state index contributed by atoms with van der Waals surface area (Å²) in [5.41, 5.74) is -0.0275. The van der Waals surface area contributed by atoms with Gasteiger partial charge in [0, 0.05) is 19.1 Å². The number of nitrogens with one attached hydrogen (secondary N) is 1. The van der Waals surface area contributed by atoms with Gasteiger partial charge in [0.2, 0.25) is 20.0 Å². The molecule has 0 spiro atoms. The normalized spacial score (nSPS) is 17.6. The highest BCUT2D eigenvalue weighted by atomic mass is 32.2. The zero-order chi connectivity index (χ0) is 27.8. The van der Waals surface area contributed by atoms with Gasteiger partial charge < -0.3 is 10.2 Å². The first-order valence-electron chi connectivity index (χ1n) is 10.9. The smallest absolute Gasteiger partial charge is 0.335 e. The molecule has 37 heavy (non-hydrogen) atoms. The lowest BCUT2D eigenvalue weighted by Crippen LogP contribution is -2.45. The molecule has 1 aliphatic heterocycles. The van der Waals surface area contributed by atoms with Gasteiger partial charge in [-0.1, -0.05) is 12.1 Å². The maximum Gasteiger partial charge on any atom is 0.335 e. The van der Waals surface area contributed by atoms with E-state index >= 15 is 0 Å². The van der Waals surface area contributed by atoms with E-state index in [0.29, 0.717) is 0 Å². The molecule has 1 heterocycles. The molecule has 0 aromatic heterocycles. The Labute approximate surface area is 215 Å². The number of hydrogen-bond donors (Lipinski definition) is 3. The molecular weight excluding hydrogens is 548 g/mol. The Bertz CT molecular complexity index is 1570. The minimum Gasteiger partial charge on any atom is -0.478 e. The molecule has 0 saturated carbocycles. The number of sulfone groups is 1. The van der Waals surface area contributed by atoms with Gasteiger partial charge in [-0.3, -0.25) is 0 Å². The first kappa shape index (κ1) is 28.7. The summed E-state index contributed by atoms with van der Waals surface area (Å²) < 4.78 is 80.4. The van der Waals surface area contributed by atoms with Crippen LogP contribution in [0.15, 0.2) is 46.2 Å². The lowest BCUT2D eigenvalue weighted by Gasteiger charge is -2.28. The van der Waals surface area contributed by atoms with Gasteiger partial charge in [-0.15, -0.1) is 0 Å². The van der Waals surface area contributed by atoms with Crippen molar-refractivity contribution in [3.05, 3.63) is 58.7 Å². The van der Waals surface area contributed by atoms with Crippen LogP contribution in [0.25, 0.3) is 0 Å². The number of carbonyl (C=O) groups is 2. The molecule has 12 nitrogen and oxygen atoms in total. The third kappa shape index (κ3) is 6.35. The van der Waals surface area contributed by atoms with Crippen molar-refractivity contribution in [2.24, 2.45) is 0 Å². The molecular formula is C22H26N2O10S3. The lowest BCUT2D eigenvalue weighted by atomic mass is 10.1.